The molecule has 1 aromatic heterocycles. The number of aromatic nitrogens is 1. The van der Waals surface area contributed by atoms with E-state index in [1.807, 2.05) is 6.92 Å². The van der Waals surface area contributed by atoms with Crippen molar-refractivity contribution in [3.63, 3.8) is 0 Å². The van der Waals surface area contributed by atoms with Crippen LogP contribution in [0.25, 0.3) is 0 Å². The van der Waals surface area contributed by atoms with E-state index in [0.29, 0.717) is 18.2 Å². The predicted molar refractivity (Wildman–Crippen MR) is 87.2 cm³/mol. The van der Waals surface area contributed by atoms with Crippen molar-refractivity contribution < 1.29 is 10.0 Å². The first-order chi connectivity index (χ1) is 10.2. The lowest BCUT2D eigenvalue weighted by atomic mass is 10.3. The molecule has 0 atom stereocenters. The minimum absolute atomic E-state index is 0.0269. The first-order valence-electron chi connectivity index (χ1n) is 7.00. The lowest BCUT2D eigenvalue weighted by Gasteiger charge is -2.09. The van der Waals surface area contributed by atoms with E-state index < -0.39 is 4.92 Å². The number of thioether (sulfide) groups is 1. The highest BCUT2D eigenvalue weighted by molar-refractivity contribution is 7.99. The van der Waals surface area contributed by atoms with Gasteiger partial charge in [-0.25, -0.2) is 4.98 Å². The number of pyridine rings is 1. The largest absolute Gasteiger partial charge is 0.396 e. The van der Waals surface area contributed by atoms with Crippen molar-refractivity contribution in [1.82, 2.24) is 4.98 Å². The molecule has 0 unspecified atom stereocenters. The van der Waals surface area contributed by atoms with Gasteiger partial charge in [0.05, 0.1) is 17.1 Å². The van der Waals surface area contributed by atoms with Crippen LogP contribution in [0.2, 0.25) is 0 Å². The SMILES string of the molecule is CCCNc1cc([N+](=O)[O-])cc(NCCSCCCO)n1. The second-order valence-corrected chi connectivity index (χ2v) is 5.62. The standard InChI is InChI=1S/C13H22N4O3S/c1-2-4-14-12-9-11(17(19)20)10-13(16-12)15-5-8-21-7-3-6-18/h9-10,18H,2-8H2,1H3,(H2,14,15,16). The van der Waals surface area contributed by atoms with Crippen LogP contribution < -0.4 is 10.6 Å². The predicted octanol–water partition coefficient (Wildman–Crippen LogP) is 2.34. The number of rotatable bonds is 11. The van der Waals surface area contributed by atoms with Gasteiger partial charge in [-0.15, -0.1) is 0 Å². The summed E-state index contributed by atoms with van der Waals surface area (Å²) < 4.78 is 0. The first kappa shape index (κ1) is 17.5. The molecule has 0 aliphatic rings. The normalized spacial score (nSPS) is 10.4. The Balaban J connectivity index is 2.54. The maximum atomic E-state index is 10.9. The Kier molecular flexibility index (Phi) is 8.53. The topological polar surface area (TPSA) is 100 Å². The average Bonchev–Trinajstić information content (AvgIpc) is 2.48. The van der Waals surface area contributed by atoms with Crippen LogP contribution >= 0.6 is 11.8 Å². The van der Waals surface area contributed by atoms with E-state index in [9.17, 15) is 10.1 Å². The van der Waals surface area contributed by atoms with E-state index in [-0.39, 0.29) is 12.3 Å². The van der Waals surface area contributed by atoms with Crippen LogP contribution in [0.1, 0.15) is 19.8 Å². The molecule has 118 valence electrons. The second-order valence-electron chi connectivity index (χ2n) is 4.40. The summed E-state index contributed by atoms with van der Waals surface area (Å²) in [5.41, 5.74) is 0.0269. The number of nitrogens with zero attached hydrogens (tertiary/aromatic N) is 2. The second kappa shape index (κ2) is 10.2. The molecule has 7 nitrogen and oxygen atoms in total. The van der Waals surface area contributed by atoms with Crippen LogP contribution in [-0.2, 0) is 0 Å². The Morgan fingerprint density at radius 1 is 1.29 bits per heavy atom. The van der Waals surface area contributed by atoms with Gasteiger partial charge in [0.15, 0.2) is 0 Å². The molecule has 0 amide bonds. The molecule has 8 heteroatoms. The molecule has 21 heavy (non-hydrogen) atoms. The maximum Gasteiger partial charge on any atom is 0.276 e. The van der Waals surface area contributed by atoms with Gasteiger partial charge >= 0.3 is 0 Å². The lowest BCUT2D eigenvalue weighted by Crippen LogP contribution is -2.09. The number of nitro groups is 1. The van der Waals surface area contributed by atoms with E-state index in [2.05, 4.69) is 15.6 Å². The third kappa shape index (κ3) is 7.14. The molecule has 1 aromatic rings. The van der Waals surface area contributed by atoms with E-state index in [1.54, 1.807) is 11.8 Å². The van der Waals surface area contributed by atoms with Crippen molar-refractivity contribution in [2.45, 2.75) is 19.8 Å². The smallest absolute Gasteiger partial charge is 0.276 e. The quantitative estimate of drug-likeness (QED) is 0.327. The molecule has 0 aromatic carbocycles. The molecule has 3 N–H and O–H groups in total. The highest BCUT2D eigenvalue weighted by atomic mass is 32.2. The monoisotopic (exact) mass is 314 g/mol. The number of aliphatic hydroxyl groups is 1. The minimum atomic E-state index is -0.417. The number of anilines is 2. The fourth-order valence-electron chi connectivity index (χ4n) is 1.58. The molecule has 0 radical (unpaired) electrons. The Bertz CT molecular complexity index is 445. The lowest BCUT2D eigenvalue weighted by molar-refractivity contribution is -0.384. The van der Waals surface area contributed by atoms with Gasteiger partial charge in [0.25, 0.3) is 5.69 Å². The summed E-state index contributed by atoms with van der Waals surface area (Å²) in [5, 5.41) is 25.8. The number of nitrogens with one attached hydrogen (secondary N) is 2. The highest BCUT2D eigenvalue weighted by Gasteiger charge is 2.10. The highest BCUT2D eigenvalue weighted by Crippen LogP contribution is 2.20. The summed E-state index contributed by atoms with van der Waals surface area (Å²) >= 11 is 1.73. The maximum absolute atomic E-state index is 10.9. The first-order valence-corrected chi connectivity index (χ1v) is 8.15. The summed E-state index contributed by atoms with van der Waals surface area (Å²) in [4.78, 5) is 14.8. The molecule has 0 saturated heterocycles. The number of hydrogen-bond acceptors (Lipinski definition) is 7. The van der Waals surface area contributed by atoms with Crippen molar-refractivity contribution in [1.29, 1.82) is 0 Å². The molecule has 0 spiro atoms. The molecule has 0 fully saturated rings. The van der Waals surface area contributed by atoms with Gasteiger partial charge in [-0.05, 0) is 18.6 Å². The average molecular weight is 314 g/mol. The van der Waals surface area contributed by atoms with Crippen molar-refractivity contribution >= 4 is 29.1 Å². The summed E-state index contributed by atoms with van der Waals surface area (Å²) in [6, 6.07) is 2.88. The molecule has 1 heterocycles. The van der Waals surface area contributed by atoms with Gasteiger partial charge in [-0.3, -0.25) is 10.1 Å². The zero-order chi connectivity index (χ0) is 15.5. The molecule has 0 bridgehead atoms. The summed E-state index contributed by atoms with van der Waals surface area (Å²) in [6.45, 7) is 3.63. The van der Waals surface area contributed by atoms with Crippen molar-refractivity contribution in [3.05, 3.63) is 22.2 Å². The van der Waals surface area contributed by atoms with Crippen LogP contribution in [0.15, 0.2) is 12.1 Å². The van der Waals surface area contributed by atoms with E-state index in [1.165, 1.54) is 12.1 Å². The van der Waals surface area contributed by atoms with Gasteiger partial charge in [0, 0.05) is 25.4 Å². The van der Waals surface area contributed by atoms with Gasteiger partial charge in [-0.1, -0.05) is 6.92 Å². The Morgan fingerprint density at radius 3 is 2.52 bits per heavy atom. The summed E-state index contributed by atoms with van der Waals surface area (Å²) in [5.74, 6) is 2.79. The third-order valence-corrected chi connectivity index (χ3v) is 3.65. The Hall–Kier alpha value is -1.54. The molecular formula is C13H22N4O3S. The van der Waals surface area contributed by atoms with Gasteiger partial charge < -0.3 is 15.7 Å². The van der Waals surface area contributed by atoms with Crippen molar-refractivity contribution in [3.8, 4) is 0 Å². The number of aliphatic hydroxyl groups excluding tert-OH is 1. The van der Waals surface area contributed by atoms with Crippen molar-refractivity contribution in [2.75, 3.05) is 41.8 Å². The molecule has 0 aliphatic heterocycles. The zero-order valence-electron chi connectivity index (χ0n) is 12.2. The van der Waals surface area contributed by atoms with E-state index in [0.717, 1.165) is 30.9 Å². The van der Waals surface area contributed by atoms with Crippen LogP contribution in [0.5, 0.6) is 0 Å². The van der Waals surface area contributed by atoms with Crippen LogP contribution in [0.4, 0.5) is 17.3 Å². The summed E-state index contributed by atoms with van der Waals surface area (Å²) in [7, 11) is 0. The fraction of sp³-hybridized carbons (Fsp3) is 0.615. The number of hydrogen-bond donors (Lipinski definition) is 3. The Labute approximate surface area is 128 Å². The molecular weight excluding hydrogens is 292 g/mol. The zero-order valence-corrected chi connectivity index (χ0v) is 13.0. The van der Waals surface area contributed by atoms with Crippen LogP contribution in [-0.4, -0.2) is 46.2 Å². The minimum Gasteiger partial charge on any atom is -0.396 e. The molecule has 1 rings (SSSR count). The summed E-state index contributed by atoms with van der Waals surface area (Å²) in [6.07, 6.45) is 1.71. The third-order valence-electron chi connectivity index (χ3n) is 2.58. The van der Waals surface area contributed by atoms with Gasteiger partial charge in [0.1, 0.15) is 11.6 Å². The fourth-order valence-corrected chi connectivity index (χ4v) is 2.36. The van der Waals surface area contributed by atoms with Gasteiger partial charge in [-0.2, -0.15) is 11.8 Å². The van der Waals surface area contributed by atoms with Crippen LogP contribution in [0.3, 0.4) is 0 Å². The Morgan fingerprint density at radius 2 is 1.95 bits per heavy atom. The van der Waals surface area contributed by atoms with Crippen LogP contribution in [0, 0.1) is 10.1 Å². The van der Waals surface area contributed by atoms with Gasteiger partial charge in [0.2, 0.25) is 0 Å². The molecule has 0 saturated carbocycles. The van der Waals surface area contributed by atoms with E-state index >= 15 is 0 Å². The van der Waals surface area contributed by atoms with Crippen molar-refractivity contribution in [2.24, 2.45) is 0 Å². The van der Waals surface area contributed by atoms with E-state index in [4.69, 9.17) is 5.11 Å². The molecule has 0 aliphatic carbocycles.